The van der Waals surface area contributed by atoms with E-state index in [-0.39, 0.29) is 39.9 Å². The van der Waals surface area contributed by atoms with Crippen LogP contribution >= 0.6 is 23.4 Å². The molecule has 2 aromatic carbocycles. The third kappa shape index (κ3) is 5.89. The normalized spacial score (nSPS) is 10.5. The van der Waals surface area contributed by atoms with Gasteiger partial charge in [0, 0.05) is 6.07 Å². The van der Waals surface area contributed by atoms with Gasteiger partial charge in [-0.15, -0.1) is 10.2 Å². The Kier molecular flexibility index (Phi) is 7.90. The minimum atomic E-state index is -0.740. The summed E-state index contributed by atoms with van der Waals surface area (Å²) in [4.78, 5) is 24.4. The monoisotopic (exact) mass is 480 g/mol. The molecule has 0 radical (unpaired) electrons. The summed E-state index contributed by atoms with van der Waals surface area (Å²) in [5.74, 6) is -0.669. The predicted octanol–water partition coefficient (Wildman–Crippen LogP) is 3.54. The fraction of sp³-hybridized carbons (Fsp3) is 0.200. The lowest BCUT2D eigenvalue weighted by Crippen LogP contribution is -2.24. The molecule has 0 saturated carbocycles. The third-order valence-corrected chi connectivity index (χ3v) is 5.18. The van der Waals surface area contributed by atoms with E-state index >= 15 is 0 Å². The standard InChI is InChI=1S/C20H18ClFN4O5S/c1-29-11-6-7-15(30-2)14(8-11)24-16(27)10-32-20-26-25-17(31-20)9-23-19(28)18-12(21)4-3-5-13(18)22/h3-8H,9-10H2,1-2H3,(H,23,28)(H,24,27). The van der Waals surface area contributed by atoms with Crippen molar-refractivity contribution < 1.29 is 27.9 Å². The molecule has 1 heterocycles. The van der Waals surface area contributed by atoms with Crippen molar-refractivity contribution >= 4 is 40.9 Å². The number of methoxy groups -OCH3 is 2. The van der Waals surface area contributed by atoms with Gasteiger partial charge in [0.2, 0.25) is 11.8 Å². The number of amides is 2. The highest BCUT2D eigenvalue weighted by Gasteiger charge is 2.17. The highest BCUT2D eigenvalue weighted by atomic mass is 35.5. The average molecular weight is 481 g/mol. The van der Waals surface area contributed by atoms with Gasteiger partial charge in [0.1, 0.15) is 17.3 Å². The fourth-order valence-corrected chi connectivity index (χ4v) is 3.38. The van der Waals surface area contributed by atoms with E-state index in [0.29, 0.717) is 17.2 Å². The first kappa shape index (κ1) is 23.4. The van der Waals surface area contributed by atoms with Crippen LogP contribution in [0.4, 0.5) is 10.1 Å². The second-order valence-electron chi connectivity index (χ2n) is 6.14. The van der Waals surface area contributed by atoms with E-state index in [1.54, 1.807) is 18.2 Å². The lowest BCUT2D eigenvalue weighted by molar-refractivity contribution is -0.113. The molecule has 2 amide bonds. The average Bonchev–Trinajstić information content (AvgIpc) is 3.24. The van der Waals surface area contributed by atoms with Crippen molar-refractivity contribution in [1.29, 1.82) is 0 Å². The minimum Gasteiger partial charge on any atom is -0.497 e. The number of carbonyl (C=O) groups excluding carboxylic acids is 2. The van der Waals surface area contributed by atoms with E-state index in [9.17, 15) is 14.0 Å². The molecule has 0 spiro atoms. The summed E-state index contributed by atoms with van der Waals surface area (Å²) in [7, 11) is 3.01. The molecule has 168 valence electrons. The zero-order chi connectivity index (χ0) is 23.1. The number of hydrogen-bond acceptors (Lipinski definition) is 8. The summed E-state index contributed by atoms with van der Waals surface area (Å²) < 4.78 is 29.6. The van der Waals surface area contributed by atoms with Crippen LogP contribution in [0.5, 0.6) is 11.5 Å². The van der Waals surface area contributed by atoms with Crippen LogP contribution < -0.4 is 20.1 Å². The minimum absolute atomic E-state index is 0.0112. The van der Waals surface area contributed by atoms with Crippen LogP contribution in [0.1, 0.15) is 16.2 Å². The Morgan fingerprint density at radius 2 is 2.00 bits per heavy atom. The number of hydrogen-bond donors (Lipinski definition) is 2. The quantitative estimate of drug-likeness (QED) is 0.447. The summed E-state index contributed by atoms with van der Waals surface area (Å²) in [5, 5.41) is 12.9. The first-order valence-electron chi connectivity index (χ1n) is 9.10. The smallest absolute Gasteiger partial charge is 0.277 e. The summed E-state index contributed by atoms with van der Waals surface area (Å²) in [5.41, 5.74) is 0.186. The summed E-state index contributed by atoms with van der Waals surface area (Å²) in [6, 6.07) is 8.96. The van der Waals surface area contributed by atoms with Crippen LogP contribution in [0.2, 0.25) is 5.02 Å². The third-order valence-electron chi connectivity index (χ3n) is 4.05. The summed E-state index contributed by atoms with van der Waals surface area (Å²) >= 11 is 6.88. The van der Waals surface area contributed by atoms with Crippen LogP contribution in [-0.2, 0) is 11.3 Å². The highest BCUT2D eigenvalue weighted by molar-refractivity contribution is 7.99. The topological polar surface area (TPSA) is 116 Å². The van der Waals surface area contributed by atoms with Crippen LogP contribution in [0, 0.1) is 5.82 Å². The highest BCUT2D eigenvalue weighted by Crippen LogP contribution is 2.29. The van der Waals surface area contributed by atoms with E-state index in [1.807, 2.05) is 0 Å². The van der Waals surface area contributed by atoms with Crippen LogP contribution in [0.3, 0.4) is 0 Å². The molecule has 12 heteroatoms. The molecule has 0 saturated heterocycles. The van der Waals surface area contributed by atoms with Crippen LogP contribution in [-0.4, -0.2) is 42.0 Å². The number of halogens is 2. The van der Waals surface area contributed by atoms with E-state index in [4.69, 9.17) is 25.5 Å². The molecule has 0 aliphatic heterocycles. The van der Waals surface area contributed by atoms with Crippen molar-refractivity contribution in [1.82, 2.24) is 15.5 Å². The maximum absolute atomic E-state index is 13.8. The van der Waals surface area contributed by atoms with Gasteiger partial charge in [0.15, 0.2) is 0 Å². The molecule has 0 fully saturated rings. The number of ether oxygens (including phenoxy) is 2. The summed E-state index contributed by atoms with van der Waals surface area (Å²) in [6.07, 6.45) is 0. The number of nitrogens with zero attached hydrogens (tertiary/aromatic N) is 2. The Bertz CT molecular complexity index is 1110. The van der Waals surface area contributed by atoms with Gasteiger partial charge >= 0.3 is 0 Å². The molecular formula is C20H18ClFN4O5S. The zero-order valence-electron chi connectivity index (χ0n) is 17.0. The number of anilines is 1. The molecule has 0 atom stereocenters. The number of aromatic nitrogens is 2. The number of nitrogens with one attached hydrogen (secondary N) is 2. The Labute approximate surface area is 191 Å². The van der Waals surface area contributed by atoms with Crippen LogP contribution in [0.15, 0.2) is 46.0 Å². The van der Waals surface area contributed by atoms with Crippen molar-refractivity contribution in [3.8, 4) is 11.5 Å². The second kappa shape index (κ2) is 10.8. The van der Waals surface area contributed by atoms with E-state index in [0.717, 1.165) is 17.8 Å². The van der Waals surface area contributed by atoms with Crippen molar-refractivity contribution in [2.75, 3.05) is 25.3 Å². The molecular weight excluding hydrogens is 463 g/mol. The summed E-state index contributed by atoms with van der Waals surface area (Å²) in [6.45, 7) is -0.135. The predicted molar refractivity (Wildman–Crippen MR) is 116 cm³/mol. The number of rotatable bonds is 9. The molecule has 1 aromatic heterocycles. The molecule has 0 aliphatic carbocycles. The first-order chi connectivity index (χ1) is 15.4. The van der Waals surface area contributed by atoms with E-state index in [2.05, 4.69) is 20.8 Å². The van der Waals surface area contributed by atoms with Gasteiger partial charge in [-0.25, -0.2) is 4.39 Å². The Morgan fingerprint density at radius 1 is 1.19 bits per heavy atom. The Hall–Kier alpha value is -3.31. The van der Waals surface area contributed by atoms with Gasteiger partial charge in [-0.3, -0.25) is 9.59 Å². The van der Waals surface area contributed by atoms with Crippen molar-refractivity contribution in [3.63, 3.8) is 0 Å². The first-order valence-corrected chi connectivity index (χ1v) is 10.5. The maximum Gasteiger partial charge on any atom is 0.277 e. The lowest BCUT2D eigenvalue weighted by Gasteiger charge is -2.11. The molecule has 32 heavy (non-hydrogen) atoms. The Balaban J connectivity index is 1.52. The van der Waals surface area contributed by atoms with E-state index in [1.165, 1.54) is 26.4 Å². The molecule has 3 aromatic rings. The zero-order valence-corrected chi connectivity index (χ0v) is 18.6. The Morgan fingerprint density at radius 3 is 2.72 bits per heavy atom. The lowest BCUT2D eigenvalue weighted by atomic mass is 10.2. The SMILES string of the molecule is COc1ccc(OC)c(NC(=O)CSc2nnc(CNC(=O)c3c(F)cccc3Cl)o2)c1. The number of thioether (sulfide) groups is 1. The largest absolute Gasteiger partial charge is 0.497 e. The van der Waals surface area contributed by atoms with Crippen molar-refractivity contribution in [2.45, 2.75) is 11.8 Å². The van der Waals surface area contributed by atoms with Gasteiger partial charge in [0.25, 0.3) is 11.1 Å². The molecule has 0 aliphatic rings. The fourth-order valence-electron chi connectivity index (χ4n) is 2.55. The number of benzene rings is 2. The van der Waals surface area contributed by atoms with Gasteiger partial charge in [0.05, 0.1) is 42.8 Å². The molecule has 3 rings (SSSR count). The second-order valence-corrected chi connectivity index (χ2v) is 7.48. The van der Waals surface area contributed by atoms with Gasteiger partial charge in [-0.2, -0.15) is 0 Å². The van der Waals surface area contributed by atoms with Crippen molar-refractivity contribution in [3.05, 3.63) is 58.7 Å². The van der Waals surface area contributed by atoms with Gasteiger partial charge in [-0.1, -0.05) is 29.4 Å². The van der Waals surface area contributed by atoms with Gasteiger partial charge in [-0.05, 0) is 24.3 Å². The van der Waals surface area contributed by atoms with Gasteiger partial charge < -0.3 is 24.5 Å². The molecule has 9 nitrogen and oxygen atoms in total. The van der Waals surface area contributed by atoms with Crippen LogP contribution in [0.25, 0.3) is 0 Å². The van der Waals surface area contributed by atoms with Crippen molar-refractivity contribution in [2.24, 2.45) is 0 Å². The number of carbonyl (C=O) groups is 2. The molecule has 0 bridgehead atoms. The van der Waals surface area contributed by atoms with E-state index < -0.39 is 11.7 Å². The molecule has 0 unspecified atom stereocenters. The maximum atomic E-state index is 13.8. The molecule has 2 N–H and O–H groups in total.